The van der Waals surface area contributed by atoms with Crippen LogP contribution in [0.4, 0.5) is 14.7 Å². The molecule has 4 nitrogen and oxygen atoms in total. The van der Waals surface area contributed by atoms with E-state index in [-0.39, 0.29) is 11.6 Å². The van der Waals surface area contributed by atoms with Gasteiger partial charge < -0.3 is 5.73 Å². The molecule has 0 aliphatic carbocycles. The SMILES string of the molecule is N#Cc1ccc2nc(N)n(-c3cc(F)cc(F)c3)c2c1. The Morgan fingerprint density at radius 1 is 1.10 bits per heavy atom. The molecule has 6 heteroatoms. The van der Waals surface area contributed by atoms with Gasteiger partial charge in [0.15, 0.2) is 0 Å². The average Bonchev–Trinajstić information content (AvgIpc) is 2.72. The first kappa shape index (κ1) is 12.1. The first-order valence-electron chi connectivity index (χ1n) is 5.73. The molecule has 0 fully saturated rings. The molecule has 3 rings (SSSR count). The molecule has 0 radical (unpaired) electrons. The van der Waals surface area contributed by atoms with Crippen LogP contribution in [0.5, 0.6) is 0 Å². The largest absolute Gasteiger partial charge is 0.369 e. The second-order valence-corrected chi connectivity index (χ2v) is 4.25. The van der Waals surface area contributed by atoms with Crippen LogP contribution in [0.15, 0.2) is 36.4 Å². The number of hydrogen-bond acceptors (Lipinski definition) is 3. The molecule has 0 aliphatic rings. The third-order valence-electron chi connectivity index (χ3n) is 2.92. The van der Waals surface area contributed by atoms with Crippen LogP contribution >= 0.6 is 0 Å². The van der Waals surface area contributed by atoms with Gasteiger partial charge in [-0.25, -0.2) is 13.8 Å². The lowest BCUT2D eigenvalue weighted by atomic mass is 10.2. The Hall–Kier alpha value is -2.94. The van der Waals surface area contributed by atoms with E-state index in [1.807, 2.05) is 6.07 Å². The van der Waals surface area contributed by atoms with Gasteiger partial charge in [0.05, 0.1) is 28.4 Å². The minimum Gasteiger partial charge on any atom is -0.369 e. The van der Waals surface area contributed by atoms with Gasteiger partial charge in [0.1, 0.15) is 11.6 Å². The second kappa shape index (κ2) is 4.31. The van der Waals surface area contributed by atoms with Gasteiger partial charge in [-0.3, -0.25) is 4.57 Å². The molecule has 98 valence electrons. The fourth-order valence-electron chi connectivity index (χ4n) is 2.10. The summed E-state index contributed by atoms with van der Waals surface area (Å²) < 4.78 is 28.1. The van der Waals surface area contributed by atoms with Crippen LogP contribution in [0.2, 0.25) is 0 Å². The molecule has 0 aliphatic heterocycles. The number of halogens is 2. The maximum absolute atomic E-state index is 13.3. The van der Waals surface area contributed by atoms with E-state index < -0.39 is 11.6 Å². The average molecular weight is 270 g/mol. The highest BCUT2D eigenvalue weighted by molar-refractivity contribution is 5.82. The number of nitrogens with two attached hydrogens (primary N) is 1. The Balaban J connectivity index is 2.35. The molecule has 1 aromatic heterocycles. The molecule has 0 bridgehead atoms. The summed E-state index contributed by atoms with van der Waals surface area (Å²) in [6, 6.07) is 9.89. The van der Waals surface area contributed by atoms with Gasteiger partial charge in [-0.1, -0.05) is 0 Å². The number of hydrogen-bond donors (Lipinski definition) is 1. The molecule has 0 spiro atoms. The van der Waals surface area contributed by atoms with Gasteiger partial charge in [0.2, 0.25) is 5.95 Å². The van der Waals surface area contributed by atoms with Crippen molar-refractivity contribution in [1.82, 2.24) is 9.55 Å². The van der Waals surface area contributed by atoms with Crippen LogP contribution in [0.25, 0.3) is 16.7 Å². The zero-order chi connectivity index (χ0) is 14.3. The van der Waals surface area contributed by atoms with E-state index in [0.717, 1.165) is 18.2 Å². The molecule has 3 aromatic rings. The summed E-state index contributed by atoms with van der Waals surface area (Å²) in [4.78, 5) is 4.11. The Bertz CT molecular complexity index is 841. The Morgan fingerprint density at radius 3 is 2.45 bits per heavy atom. The predicted octanol–water partition coefficient (Wildman–Crippen LogP) is 2.76. The minimum absolute atomic E-state index is 0.0973. The van der Waals surface area contributed by atoms with Crippen molar-refractivity contribution in [2.75, 3.05) is 5.73 Å². The molecular weight excluding hydrogens is 262 g/mol. The van der Waals surface area contributed by atoms with Crippen LogP contribution in [0, 0.1) is 23.0 Å². The molecule has 0 amide bonds. The summed E-state index contributed by atoms with van der Waals surface area (Å²) in [7, 11) is 0. The Kier molecular flexibility index (Phi) is 2.61. The van der Waals surface area contributed by atoms with Crippen molar-refractivity contribution in [3.63, 3.8) is 0 Å². The monoisotopic (exact) mass is 270 g/mol. The van der Waals surface area contributed by atoms with Crippen LogP contribution in [-0.4, -0.2) is 9.55 Å². The first-order valence-corrected chi connectivity index (χ1v) is 5.73. The summed E-state index contributed by atoms with van der Waals surface area (Å²) in [6.07, 6.45) is 0. The lowest BCUT2D eigenvalue weighted by Crippen LogP contribution is -2.01. The van der Waals surface area contributed by atoms with Crippen LogP contribution in [-0.2, 0) is 0 Å². The minimum atomic E-state index is -0.710. The molecule has 0 saturated carbocycles. The zero-order valence-corrected chi connectivity index (χ0v) is 10.1. The summed E-state index contributed by atoms with van der Waals surface area (Å²) in [5, 5.41) is 8.92. The maximum atomic E-state index is 13.3. The lowest BCUT2D eigenvalue weighted by molar-refractivity contribution is 0.582. The van der Waals surface area contributed by atoms with E-state index in [4.69, 9.17) is 11.0 Å². The van der Waals surface area contributed by atoms with E-state index in [1.165, 1.54) is 4.57 Å². The van der Waals surface area contributed by atoms with E-state index in [1.54, 1.807) is 18.2 Å². The first-order chi connectivity index (χ1) is 9.58. The summed E-state index contributed by atoms with van der Waals surface area (Å²) in [5.74, 6) is -1.32. The number of anilines is 1. The number of benzene rings is 2. The molecule has 2 aromatic carbocycles. The molecule has 2 N–H and O–H groups in total. The van der Waals surface area contributed by atoms with Crippen molar-refractivity contribution < 1.29 is 8.78 Å². The normalized spacial score (nSPS) is 10.7. The number of fused-ring (bicyclic) bond motifs is 1. The van der Waals surface area contributed by atoms with Crippen molar-refractivity contribution >= 4 is 17.0 Å². The van der Waals surface area contributed by atoms with Crippen molar-refractivity contribution in [1.29, 1.82) is 5.26 Å². The van der Waals surface area contributed by atoms with E-state index >= 15 is 0 Å². The van der Waals surface area contributed by atoms with Gasteiger partial charge in [0, 0.05) is 6.07 Å². The van der Waals surface area contributed by atoms with Crippen LogP contribution < -0.4 is 5.73 Å². The van der Waals surface area contributed by atoms with Gasteiger partial charge in [-0.2, -0.15) is 5.26 Å². The fraction of sp³-hybridized carbons (Fsp3) is 0. The van der Waals surface area contributed by atoms with Crippen LogP contribution in [0.1, 0.15) is 5.56 Å². The standard InChI is InChI=1S/C14H8F2N4/c15-9-4-10(16)6-11(5-9)20-13-3-8(7-17)1-2-12(13)19-14(20)18/h1-6H,(H2,18,19). The molecule has 0 atom stereocenters. The maximum Gasteiger partial charge on any atom is 0.205 e. The molecular formula is C14H8F2N4. The Morgan fingerprint density at radius 2 is 1.80 bits per heavy atom. The van der Waals surface area contributed by atoms with Crippen molar-refractivity contribution in [3.8, 4) is 11.8 Å². The van der Waals surface area contributed by atoms with Gasteiger partial charge in [-0.15, -0.1) is 0 Å². The molecule has 20 heavy (non-hydrogen) atoms. The predicted molar refractivity (Wildman–Crippen MR) is 70.1 cm³/mol. The quantitative estimate of drug-likeness (QED) is 0.739. The number of nitriles is 1. The third-order valence-corrected chi connectivity index (χ3v) is 2.92. The number of imidazole rings is 1. The van der Waals surface area contributed by atoms with Gasteiger partial charge >= 0.3 is 0 Å². The summed E-state index contributed by atoms with van der Waals surface area (Å²) >= 11 is 0. The highest BCUT2D eigenvalue weighted by Gasteiger charge is 2.12. The van der Waals surface area contributed by atoms with Crippen molar-refractivity contribution in [2.24, 2.45) is 0 Å². The smallest absolute Gasteiger partial charge is 0.205 e. The second-order valence-electron chi connectivity index (χ2n) is 4.25. The Labute approximate surface area is 112 Å². The topological polar surface area (TPSA) is 67.6 Å². The molecule has 1 heterocycles. The summed E-state index contributed by atoms with van der Waals surface area (Å²) in [5.41, 5.74) is 7.50. The van der Waals surface area contributed by atoms with Crippen molar-refractivity contribution in [3.05, 3.63) is 53.6 Å². The fourth-order valence-corrected chi connectivity index (χ4v) is 2.10. The summed E-state index contributed by atoms with van der Waals surface area (Å²) in [6.45, 7) is 0. The number of nitrogens with zero attached hydrogens (tertiary/aromatic N) is 3. The van der Waals surface area contributed by atoms with Crippen molar-refractivity contribution in [2.45, 2.75) is 0 Å². The van der Waals surface area contributed by atoms with E-state index in [2.05, 4.69) is 4.98 Å². The highest BCUT2D eigenvalue weighted by Crippen LogP contribution is 2.25. The molecule has 0 saturated heterocycles. The van der Waals surface area contributed by atoms with E-state index in [9.17, 15) is 8.78 Å². The molecule has 0 unspecified atom stereocenters. The number of nitrogen functional groups attached to an aromatic ring is 1. The van der Waals surface area contributed by atoms with Crippen LogP contribution in [0.3, 0.4) is 0 Å². The zero-order valence-electron chi connectivity index (χ0n) is 10.1. The van der Waals surface area contributed by atoms with Gasteiger partial charge in [-0.05, 0) is 30.3 Å². The lowest BCUT2D eigenvalue weighted by Gasteiger charge is -2.07. The number of aromatic nitrogens is 2. The highest BCUT2D eigenvalue weighted by atomic mass is 19.1. The van der Waals surface area contributed by atoms with E-state index in [0.29, 0.717) is 16.6 Å². The number of rotatable bonds is 1. The van der Waals surface area contributed by atoms with Gasteiger partial charge in [0.25, 0.3) is 0 Å². The third kappa shape index (κ3) is 1.86.